The molecule has 2 aromatic heterocycles. The molecule has 17 heteroatoms. The zero-order chi connectivity index (χ0) is 31.2. The number of hydrogen-bond donors (Lipinski definition) is 7. The monoisotopic (exact) mass is 637 g/mol. The van der Waals surface area contributed by atoms with E-state index in [0.29, 0.717) is 11.6 Å². The van der Waals surface area contributed by atoms with Gasteiger partial charge in [-0.1, -0.05) is 18.2 Å². The van der Waals surface area contributed by atoms with Gasteiger partial charge in [0.05, 0.1) is 18.4 Å². The number of nitrogens with two attached hydrogens (primary N) is 1. The van der Waals surface area contributed by atoms with Gasteiger partial charge in [-0.3, -0.25) is 4.57 Å². The fourth-order valence-electron chi connectivity index (χ4n) is 4.50. The van der Waals surface area contributed by atoms with Crippen molar-refractivity contribution in [3.63, 3.8) is 0 Å². The predicted octanol–water partition coefficient (Wildman–Crippen LogP) is 1.61. The van der Waals surface area contributed by atoms with Gasteiger partial charge < -0.3 is 55.1 Å². The van der Waals surface area contributed by atoms with Crippen molar-refractivity contribution >= 4 is 41.4 Å². The lowest BCUT2D eigenvalue weighted by molar-refractivity contribution is -0.317. The summed E-state index contributed by atoms with van der Waals surface area (Å²) < 4.78 is 24.0. The molecule has 1 saturated heterocycles. The van der Waals surface area contributed by atoms with Crippen LogP contribution in [-0.4, -0.2) is 76.3 Å². The van der Waals surface area contributed by atoms with Gasteiger partial charge in [0.2, 0.25) is 5.95 Å². The van der Waals surface area contributed by atoms with Crippen molar-refractivity contribution in [1.82, 2.24) is 24.6 Å². The SMILES string of the molecule is CC(NP(O)(=S)OC[C@H]1O[C@](O)(n2cnc3c(NC4CC4)nc(N)nc32)[C@](C)(O)[C@@H]1O)=C(Oc1ccccc1)OC(C)C. The molecule has 1 aliphatic carbocycles. The van der Waals surface area contributed by atoms with Crippen LogP contribution in [0.3, 0.4) is 0 Å². The Morgan fingerprint density at radius 2 is 1.95 bits per heavy atom. The molecule has 15 nitrogen and oxygen atoms in total. The molecule has 1 aliphatic heterocycles. The first-order chi connectivity index (χ1) is 20.2. The van der Waals surface area contributed by atoms with E-state index < -0.39 is 37.0 Å². The van der Waals surface area contributed by atoms with Crippen molar-refractivity contribution < 1.29 is 38.9 Å². The molecule has 3 heterocycles. The molecule has 1 unspecified atom stereocenters. The fourth-order valence-corrected chi connectivity index (χ4v) is 6.02. The summed E-state index contributed by atoms with van der Waals surface area (Å²) in [5.74, 6) is -1.70. The quantitative estimate of drug-likeness (QED) is 0.111. The number of imidazole rings is 1. The number of nitrogens with zero attached hydrogens (tertiary/aromatic N) is 4. The van der Waals surface area contributed by atoms with Gasteiger partial charge in [0, 0.05) is 6.04 Å². The van der Waals surface area contributed by atoms with Gasteiger partial charge in [-0.15, -0.1) is 0 Å². The van der Waals surface area contributed by atoms with Crippen molar-refractivity contribution in [3.8, 4) is 5.75 Å². The molecule has 0 spiro atoms. The van der Waals surface area contributed by atoms with E-state index in [1.807, 2.05) is 19.9 Å². The van der Waals surface area contributed by atoms with Crippen molar-refractivity contribution in [3.05, 3.63) is 48.3 Å². The molecule has 234 valence electrons. The van der Waals surface area contributed by atoms with Crippen LogP contribution in [0.2, 0.25) is 0 Å². The van der Waals surface area contributed by atoms with E-state index in [9.17, 15) is 20.2 Å². The summed E-state index contributed by atoms with van der Waals surface area (Å²) in [5.41, 5.74) is 4.25. The molecule has 1 saturated carbocycles. The number of anilines is 2. The van der Waals surface area contributed by atoms with Gasteiger partial charge in [-0.2, -0.15) is 9.97 Å². The normalized spacial score (nSPS) is 27.6. The Kier molecular flexibility index (Phi) is 8.59. The molecule has 2 fully saturated rings. The van der Waals surface area contributed by atoms with Crippen LogP contribution in [0.15, 0.2) is 48.3 Å². The summed E-state index contributed by atoms with van der Waals surface area (Å²) in [6, 6.07) is 9.14. The minimum atomic E-state index is -3.79. The molecule has 3 aromatic rings. The van der Waals surface area contributed by atoms with E-state index in [4.69, 9.17) is 36.3 Å². The summed E-state index contributed by atoms with van der Waals surface area (Å²) in [6.07, 6.45) is -0.142. The van der Waals surface area contributed by atoms with E-state index in [1.54, 1.807) is 31.2 Å². The number of aliphatic hydroxyl groups is 3. The standard InChI is InChI=1S/C26H36N7O8PS/c1-14(2)39-23(40-17-8-6-5-7-9-17)15(3)32-42(37,43)38-12-18-20(34)25(4,35)26(36,41-18)33-13-28-19-21(29-16-10-11-16)30-24(27)31-22(19)33/h5-9,13-14,16,18,20,34-36H,10-12H2,1-4H3,(H2,32,37,43)(H3,27,29,30,31)/t18-,20-,25-,26+,42?/m1/s1. The number of rotatable bonds is 12. The largest absolute Gasteiger partial charge is 0.461 e. The average molecular weight is 638 g/mol. The van der Waals surface area contributed by atoms with Crippen LogP contribution >= 0.6 is 6.64 Å². The van der Waals surface area contributed by atoms with E-state index in [2.05, 4.69) is 25.4 Å². The smallest absolute Gasteiger partial charge is 0.305 e. The third-order valence-corrected chi connectivity index (χ3v) is 8.59. The Bertz CT molecular complexity index is 1550. The number of aliphatic hydroxyl groups excluding tert-OH is 1. The summed E-state index contributed by atoms with van der Waals surface area (Å²) in [5, 5.41) is 39.9. The van der Waals surface area contributed by atoms with Gasteiger partial charge in [-0.05, 0) is 64.5 Å². The van der Waals surface area contributed by atoms with Crippen LogP contribution in [0.5, 0.6) is 5.75 Å². The summed E-state index contributed by atoms with van der Waals surface area (Å²) in [7, 11) is 0. The summed E-state index contributed by atoms with van der Waals surface area (Å²) in [4.78, 5) is 23.6. The number of para-hydroxylation sites is 1. The lowest BCUT2D eigenvalue weighted by Gasteiger charge is -2.35. The molecule has 1 aromatic carbocycles. The maximum Gasteiger partial charge on any atom is 0.305 e. The van der Waals surface area contributed by atoms with Gasteiger partial charge in [-0.25, -0.2) is 4.98 Å². The Balaban J connectivity index is 1.33. The number of ether oxygens (including phenoxy) is 3. The molecule has 8 N–H and O–H groups in total. The average Bonchev–Trinajstić information content (AvgIpc) is 3.61. The fraction of sp³-hybridized carbons (Fsp3) is 0.500. The second-order valence-corrected chi connectivity index (χ2v) is 13.9. The lowest BCUT2D eigenvalue weighted by atomic mass is 9.94. The number of benzene rings is 1. The molecular formula is C26H36N7O8PS. The molecule has 0 amide bonds. The first kappa shape index (κ1) is 31.3. The molecule has 2 aliphatic rings. The maximum atomic E-state index is 11.6. The molecule has 0 radical (unpaired) electrons. The minimum Gasteiger partial charge on any atom is -0.461 e. The van der Waals surface area contributed by atoms with Crippen LogP contribution in [0.1, 0.15) is 40.5 Å². The van der Waals surface area contributed by atoms with Crippen LogP contribution in [0.25, 0.3) is 11.2 Å². The molecular weight excluding hydrogens is 601 g/mol. The molecule has 5 atom stereocenters. The van der Waals surface area contributed by atoms with E-state index in [-0.39, 0.29) is 40.9 Å². The number of nitrogen functional groups attached to an aromatic ring is 1. The zero-order valence-electron chi connectivity index (χ0n) is 24.0. The van der Waals surface area contributed by atoms with Gasteiger partial charge >= 0.3 is 5.95 Å². The lowest BCUT2D eigenvalue weighted by Crippen LogP contribution is -2.55. The van der Waals surface area contributed by atoms with Crippen molar-refractivity contribution in [2.24, 2.45) is 0 Å². The Morgan fingerprint density at radius 3 is 2.60 bits per heavy atom. The number of allylic oxidation sites excluding steroid dienone is 1. The second kappa shape index (κ2) is 11.8. The summed E-state index contributed by atoms with van der Waals surface area (Å²) in [6.45, 7) is 2.11. The highest BCUT2D eigenvalue weighted by Crippen LogP contribution is 2.46. The third kappa shape index (κ3) is 6.56. The molecule has 0 bridgehead atoms. The predicted molar refractivity (Wildman–Crippen MR) is 160 cm³/mol. The zero-order valence-corrected chi connectivity index (χ0v) is 25.7. The number of aromatic nitrogens is 4. The van der Waals surface area contributed by atoms with Crippen LogP contribution in [0, 0.1) is 0 Å². The van der Waals surface area contributed by atoms with Gasteiger partial charge in [0.1, 0.15) is 24.3 Å². The highest BCUT2D eigenvalue weighted by Gasteiger charge is 2.64. The number of hydrogen-bond acceptors (Lipinski definition) is 13. The molecule has 5 rings (SSSR count). The van der Waals surface area contributed by atoms with Crippen molar-refractivity contribution in [2.75, 3.05) is 17.7 Å². The first-order valence-electron chi connectivity index (χ1n) is 13.6. The van der Waals surface area contributed by atoms with Crippen molar-refractivity contribution in [1.29, 1.82) is 0 Å². The summed E-state index contributed by atoms with van der Waals surface area (Å²) >= 11 is 5.29. The molecule has 43 heavy (non-hydrogen) atoms. The first-order valence-corrected chi connectivity index (χ1v) is 16.3. The van der Waals surface area contributed by atoms with Crippen molar-refractivity contribution in [2.45, 2.75) is 76.4 Å². The Labute approximate surface area is 252 Å². The number of nitrogens with one attached hydrogen (secondary N) is 2. The second-order valence-electron chi connectivity index (χ2n) is 10.9. The topological polar surface area (TPSA) is 212 Å². The Hall–Kier alpha value is -3.08. The third-order valence-electron chi connectivity index (χ3n) is 6.89. The van der Waals surface area contributed by atoms with Gasteiger partial charge in [0.15, 0.2) is 22.6 Å². The van der Waals surface area contributed by atoms with Gasteiger partial charge in [0.25, 0.3) is 12.6 Å². The van der Waals surface area contributed by atoms with Crippen LogP contribution in [-0.2, 0) is 31.7 Å². The van der Waals surface area contributed by atoms with E-state index in [0.717, 1.165) is 17.4 Å². The highest BCUT2D eigenvalue weighted by atomic mass is 32.5. The highest BCUT2D eigenvalue weighted by molar-refractivity contribution is 8.08. The Morgan fingerprint density at radius 1 is 1.26 bits per heavy atom. The van der Waals surface area contributed by atoms with Crippen LogP contribution in [0.4, 0.5) is 11.8 Å². The minimum absolute atomic E-state index is 0.0676. The van der Waals surface area contributed by atoms with E-state index >= 15 is 0 Å². The van der Waals surface area contributed by atoms with E-state index in [1.165, 1.54) is 13.3 Å². The number of fused-ring (bicyclic) bond motifs is 1. The maximum absolute atomic E-state index is 11.6. The van der Waals surface area contributed by atoms with Crippen LogP contribution < -0.4 is 20.9 Å².